The van der Waals surface area contributed by atoms with Crippen LogP contribution in [0.15, 0.2) is 41.6 Å². The molecule has 4 aromatic rings. The number of benzene rings is 1. The Hall–Kier alpha value is -4.28. The van der Waals surface area contributed by atoms with Crippen LogP contribution in [0, 0.1) is 12.7 Å². The van der Waals surface area contributed by atoms with Gasteiger partial charge in [-0.15, -0.1) is 0 Å². The third kappa shape index (κ3) is 5.16. The van der Waals surface area contributed by atoms with Crippen LogP contribution >= 0.6 is 0 Å². The largest absolute Gasteiger partial charge is 0.357 e. The number of urea groups is 1. The molecule has 0 atom stereocenters. The van der Waals surface area contributed by atoms with E-state index < -0.39 is 11.8 Å². The van der Waals surface area contributed by atoms with Crippen molar-refractivity contribution in [1.29, 1.82) is 0 Å². The Balaban J connectivity index is 1.73. The second-order valence-corrected chi connectivity index (χ2v) is 10.1. The summed E-state index contributed by atoms with van der Waals surface area (Å²) in [4.78, 5) is 35.0. The van der Waals surface area contributed by atoms with Crippen molar-refractivity contribution in [2.45, 2.75) is 53.1 Å². The number of nitrogens with zero attached hydrogens (tertiary/aromatic N) is 5. The lowest BCUT2D eigenvalue weighted by Gasteiger charge is -2.18. The first-order valence-electron chi connectivity index (χ1n) is 11.9. The van der Waals surface area contributed by atoms with Crippen molar-refractivity contribution in [2.24, 2.45) is 0 Å². The van der Waals surface area contributed by atoms with Gasteiger partial charge in [0.25, 0.3) is 5.56 Å². The smallest absolute Gasteiger partial charge is 0.323 e. The summed E-state index contributed by atoms with van der Waals surface area (Å²) in [5.41, 5.74) is 1.78. The van der Waals surface area contributed by atoms with E-state index in [0.29, 0.717) is 39.4 Å². The molecule has 1 aromatic carbocycles. The SMILES string of the molecule is CNc1ncc2cc(-c3cc(NC(=O)Nc4cnn(C(C)(C)C)c4)c(F)cc3C)c(=O)n(C(C)C)c2n1. The molecule has 10 nitrogen and oxygen atoms in total. The maximum absolute atomic E-state index is 14.9. The lowest BCUT2D eigenvalue weighted by molar-refractivity contribution is 0.262. The van der Waals surface area contributed by atoms with Crippen LogP contribution in [0.5, 0.6) is 0 Å². The molecule has 3 N–H and O–H groups in total. The summed E-state index contributed by atoms with van der Waals surface area (Å²) in [5, 5.41) is 13.0. The van der Waals surface area contributed by atoms with E-state index >= 15 is 0 Å². The maximum atomic E-state index is 14.9. The highest BCUT2D eigenvalue weighted by Crippen LogP contribution is 2.30. The fraction of sp³-hybridized carbons (Fsp3) is 0.346. The lowest BCUT2D eigenvalue weighted by Crippen LogP contribution is -2.25. The molecule has 0 unspecified atom stereocenters. The number of carbonyl (C=O) groups is 1. The van der Waals surface area contributed by atoms with Crippen LogP contribution in [0.4, 0.5) is 26.5 Å². The highest BCUT2D eigenvalue weighted by atomic mass is 19.1. The summed E-state index contributed by atoms with van der Waals surface area (Å²) in [6.45, 7) is 11.5. The predicted molar refractivity (Wildman–Crippen MR) is 144 cm³/mol. The average molecular weight is 507 g/mol. The monoisotopic (exact) mass is 506 g/mol. The van der Waals surface area contributed by atoms with Gasteiger partial charge in [0.2, 0.25) is 5.95 Å². The van der Waals surface area contributed by atoms with Crippen LogP contribution in [-0.4, -0.2) is 37.4 Å². The first-order chi connectivity index (χ1) is 17.4. The molecule has 0 fully saturated rings. The molecule has 4 rings (SSSR count). The first-order valence-corrected chi connectivity index (χ1v) is 11.9. The Bertz CT molecular complexity index is 1550. The van der Waals surface area contributed by atoms with Crippen LogP contribution in [0.3, 0.4) is 0 Å². The van der Waals surface area contributed by atoms with E-state index in [2.05, 4.69) is 31.0 Å². The van der Waals surface area contributed by atoms with Gasteiger partial charge in [-0.05, 0) is 70.9 Å². The van der Waals surface area contributed by atoms with E-state index in [-0.39, 0.29) is 22.8 Å². The molecule has 0 radical (unpaired) electrons. The van der Waals surface area contributed by atoms with E-state index in [1.54, 1.807) is 41.7 Å². The fourth-order valence-corrected chi connectivity index (χ4v) is 4.01. The quantitative estimate of drug-likeness (QED) is 0.346. The van der Waals surface area contributed by atoms with Gasteiger partial charge in [-0.3, -0.25) is 14.0 Å². The second kappa shape index (κ2) is 9.64. The maximum Gasteiger partial charge on any atom is 0.323 e. The number of anilines is 3. The Morgan fingerprint density at radius 3 is 2.43 bits per heavy atom. The topological polar surface area (TPSA) is 119 Å². The van der Waals surface area contributed by atoms with Gasteiger partial charge >= 0.3 is 6.03 Å². The Morgan fingerprint density at radius 1 is 1.08 bits per heavy atom. The number of nitrogens with one attached hydrogen (secondary N) is 3. The molecule has 0 spiro atoms. The molecular weight excluding hydrogens is 475 g/mol. The number of fused-ring (bicyclic) bond motifs is 1. The highest BCUT2D eigenvalue weighted by molar-refractivity contribution is 6.00. The molecule has 0 aliphatic heterocycles. The van der Waals surface area contributed by atoms with Gasteiger partial charge in [0.15, 0.2) is 0 Å². The molecule has 2 amide bonds. The van der Waals surface area contributed by atoms with Gasteiger partial charge in [-0.2, -0.15) is 10.1 Å². The number of halogens is 1. The molecular formula is C26H31FN8O2. The van der Waals surface area contributed by atoms with Crippen molar-refractivity contribution in [2.75, 3.05) is 23.0 Å². The molecule has 3 aromatic heterocycles. The zero-order valence-corrected chi connectivity index (χ0v) is 22.0. The van der Waals surface area contributed by atoms with Crippen molar-refractivity contribution < 1.29 is 9.18 Å². The van der Waals surface area contributed by atoms with Crippen molar-refractivity contribution in [3.8, 4) is 11.1 Å². The number of amides is 2. The number of aryl methyl sites for hydroxylation is 1. The summed E-state index contributed by atoms with van der Waals surface area (Å²) in [7, 11) is 1.70. The molecule has 11 heteroatoms. The lowest BCUT2D eigenvalue weighted by atomic mass is 9.99. The third-order valence-electron chi connectivity index (χ3n) is 5.89. The van der Waals surface area contributed by atoms with Crippen LogP contribution in [-0.2, 0) is 5.54 Å². The van der Waals surface area contributed by atoms with Crippen LogP contribution < -0.4 is 21.5 Å². The van der Waals surface area contributed by atoms with Gasteiger partial charge in [0.1, 0.15) is 11.5 Å². The van der Waals surface area contributed by atoms with E-state index in [4.69, 9.17) is 0 Å². The summed E-state index contributed by atoms with van der Waals surface area (Å²) >= 11 is 0. The summed E-state index contributed by atoms with van der Waals surface area (Å²) in [5.74, 6) is -0.216. The molecule has 3 heterocycles. The number of aromatic nitrogens is 5. The minimum Gasteiger partial charge on any atom is -0.357 e. The van der Waals surface area contributed by atoms with E-state index in [1.165, 1.54) is 18.3 Å². The summed E-state index contributed by atoms with van der Waals surface area (Å²) in [6.07, 6.45) is 4.85. The van der Waals surface area contributed by atoms with Gasteiger partial charge in [0, 0.05) is 36.4 Å². The van der Waals surface area contributed by atoms with E-state index in [9.17, 15) is 14.0 Å². The van der Waals surface area contributed by atoms with Crippen molar-refractivity contribution in [3.63, 3.8) is 0 Å². The van der Waals surface area contributed by atoms with E-state index in [1.807, 2.05) is 34.6 Å². The van der Waals surface area contributed by atoms with Crippen molar-refractivity contribution in [3.05, 3.63) is 58.5 Å². The second-order valence-electron chi connectivity index (χ2n) is 10.1. The molecule has 0 aliphatic rings. The predicted octanol–water partition coefficient (Wildman–Crippen LogP) is 5.12. The van der Waals surface area contributed by atoms with Gasteiger partial charge < -0.3 is 16.0 Å². The first kappa shape index (κ1) is 25.8. The number of hydrogen-bond acceptors (Lipinski definition) is 6. The van der Waals surface area contributed by atoms with Gasteiger partial charge in [-0.1, -0.05) is 0 Å². The standard InChI is InChI=1S/C26H31FN8O2/c1-14(2)35-22-16(11-29-24(28-7)33-22)9-19(23(35)36)18-10-21(20(27)8-15(18)3)32-25(37)31-17-12-30-34(13-17)26(4,5)6/h8-14H,1-7H3,(H,28,29,33)(H2,31,32,37). The van der Waals surface area contributed by atoms with E-state index in [0.717, 1.165) is 0 Å². The minimum absolute atomic E-state index is 0.0568. The third-order valence-corrected chi connectivity index (χ3v) is 5.89. The summed E-state index contributed by atoms with van der Waals surface area (Å²) in [6, 6.07) is 3.65. The Labute approximate surface area is 213 Å². The number of hydrogen-bond donors (Lipinski definition) is 3. The number of rotatable bonds is 5. The molecule has 0 aliphatic carbocycles. The van der Waals surface area contributed by atoms with Crippen molar-refractivity contribution in [1.82, 2.24) is 24.3 Å². The molecule has 0 saturated carbocycles. The zero-order valence-electron chi connectivity index (χ0n) is 22.0. The fourth-order valence-electron chi connectivity index (χ4n) is 4.01. The number of carbonyl (C=O) groups excluding carboxylic acids is 1. The average Bonchev–Trinajstić information content (AvgIpc) is 3.29. The van der Waals surface area contributed by atoms with Crippen molar-refractivity contribution >= 4 is 34.4 Å². The molecule has 0 bridgehead atoms. The van der Waals surface area contributed by atoms with Gasteiger partial charge in [-0.25, -0.2) is 14.2 Å². The Kier molecular flexibility index (Phi) is 6.72. The van der Waals surface area contributed by atoms with Crippen LogP contribution in [0.2, 0.25) is 0 Å². The number of pyridine rings is 1. The normalized spacial score (nSPS) is 11.7. The minimum atomic E-state index is -0.631. The van der Waals surface area contributed by atoms with Gasteiger partial charge in [0.05, 0.1) is 23.1 Å². The summed E-state index contributed by atoms with van der Waals surface area (Å²) < 4.78 is 18.2. The highest BCUT2D eigenvalue weighted by Gasteiger charge is 2.20. The zero-order chi connectivity index (χ0) is 27.1. The Morgan fingerprint density at radius 2 is 1.81 bits per heavy atom. The molecule has 194 valence electrons. The van der Waals surface area contributed by atoms with Crippen LogP contribution in [0.25, 0.3) is 22.2 Å². The van der Waals surface area contributed by atoms with Crippen LogP contribution in [0.1, 0.15) is 46.2 Å². The molecule has 37 heavy (non-hydrogen) atoms. The molecule has 0 saturated heterocycles.